The summed E-state index contributed by atoms with van der Waals surface area (Å²) in [6.45, 7) is 0.866. The van der Waals surface area contributed by atoms with E-state index in [1.165, 1.54) is 8.66 Å². The lowest BCUT2D eigenvalue weighted by molar-refractivity contribution is 0.939. The minimum absolute atomic E-state index is 0.866. The Hall–Kier alpha value is -1.40. The van der Waals surface area contributed by atoms with Gasteiger partial charge in [-0.2, -0.15) is 5.10 Å². The van der Waals surface area contributed by atoms with Crippen molar-refractivity contribution in [3.05, 3.63) is 45.5 Å². The lowest BCUT2D eigenvalue weighted by atomic mass is 10.3. The highest BCUT2D eigenvalue weighted by Crippen LogP contribution is 2.22. The van der Waals surface area contributed by atoms with Gasteiger partial charge in [0.2, 0.25) is 0 Å². The smallest absolute Gasteiger partial charge is 0.152 e. The van der Waals surface area contributed by atoms with Gasteiger partial charge in [0.05, 0.1) is 9.98 Å². The summed E-state index contributed by atoms with van der Waals surface area (Å²) in [4.78, 5) is 5.69. The van der Waals surface area contributed by atoms with Gasteiger partial charge in [-0.05, 0) is 40.5 Å². The summed E-state index contributed by atoms with van der Waals surface area (Å²) < 4.78 is 2.99. The highest BCUT2D eigenvalue weighted by atomic mass is 79.9. The molecule has 4 nitrogen and oxygen atoms in total. The average Bonchev–Trinajstić information content (AvgIpc) is 2.98. The maximum atomic E-state index is 4.34. The Morgan fingerprint density at radius 2 is 2.22 bits per heavy atom. The molecule has 18 heavy (non-hydrogen) atoms. The van der Waals surface area contributed by atoms with E-state index in [1.807, 2.05) is 16.8 Å². The molecule has 0 saturated carbocycles. The molecule has 0 amide bonds. The van der Waals surface area contributed by atoms with Crippen molar-refractivity contribution >= 4 is 38.6 Å². The number of halogens is 1. The molecule has 0 fully saturated rings. The minimum atomic E-state index is 0.866. The van der Waals surface area contributed by atoms with Crippen LogP contribution in [0.25, 0.3) is 5.52 Å². The summed E-state index contributed by atoms with van der Waals surface area (Å²) in [5.41, 5.74) is 1.00. The maximum absolute atomic E-state index is 4.34. The second-order valence-electron chi connectivity index (χ2n) is 3.82. The first-order valence-electron chi connectivity index (χ1n) is 5.59. The summed E-state index contributed by atoms with van der Waals surface area (Å²) in [6.07, 6.45) is 6.37. The van der Waals surface area contributed by atoms with E-state index in [9.17, 15) is 0 Å². The summed E-state index contributed by atoms with van der Waals surface area (Å²) in [5, 5.41) is 7.53. The Balaban J connectivity index is 1.68. The first-order valence-corrected chi connectivity index (χ1v) is 7.20. The van der Waals surface area contributed by atoms with E-state index < -0.39 is 0 Å². The topological polar surface area (TPSA) is 42.2 Å². The molecule has 0 aliphatic rings. The standard InChI is InChI=1S/C12H11BrN4S/c13-11-2-1-9(18-11)3-5-14-12-10-4-6-16-17(10)8-7-15-12/h1-2,4,6-8H,3,5H2,(H,14,15). The third-order valence-corrected chi connectivity index (χ3v) is 4.30. The fraction of sp³-hybridized carbons (Fsp3) is 0.167. The molecule has 0 saturated heterocycles. The number of hydrogen-bond acceptors (Lipinski definition) is 4. The van der Waals surface area contributed by atoms with Crippen LogP contribution in [0, 0.1) is 0 Å². The SMILES string of the molecule is Brc1ccc(CCNc2nccn3nccc23)s1. The average molecular weight is 323 g/mol. The van der Waals surface area contributed by atoms with Crippen LogP contribution in [0.15, 0.2) is 40.6 Å². The minimum Gasteiger partial charge on any atom is -0.368 e. The molecular formula is C12H11BrN4S. The summed E-state index contributed by atoms with van der Waals surface area (Å²) >= 11 is 5.24. The highest BCUT2D eigenvalue weighted by Gasteiger charge is 2.03. The number of nitrogens with zero attached hydrogens (tertiary/aromatic N) is 3. The zero-order valence-electron chi connectivity index (χ0n) is 9.51. The Labute approximate surface area is 117 Å². The van der Waals surface area contributed by atoms with Crippen molar-refractivity contribution < 1.29 is 0 Å². The van der Waals surface area contributed by atoms with Crippen molar-refractivity contribution in [2.45, 2.75) is 6.42 Å². The van der Waals surface area contributed by atoms with Gasteiger partial charge < -0.3 is 5.32 Å². The molecule has 0 aliphatic carbocycles. The molecular weight excluding hydrogens is 312 g/mol. The molecule has 0 atom stereocenters. The van der Waals surface area contributed by atoms with Crippen LogP contribution >= 0.6 is 27.3 Å². The normalized spacial score (nSPS) is 10.9. The van der Waals surface area contributed by atoms with Crippen molar-refractivity contribution in [3.8, 4) is 0 Å². The van der Waals surface area contributed by atoms with Gasteiger partial charge in [0.1, 0.15) is 5.52 Å². The zero-order chi connectivity index (χ0) is 12.4. The van der Waals surface area contributed by atoms with Gasteiger partial charge in [0.25, 0.3) is 0 Å². The Kier molecular flexibility index (Phi) is 3.29. The molecule has 0 aliphatic heterocycles. The number of rotatable bonds is 4. The van der Waals surface area contributed by atoms with E-state index in [1.54, 1.807) is 23.7 Å². The van der Waals surface area contributed by atoms with Crippen LogP contribution in [0.4, 0.5) is 5.82 Å². The number of fused-ring (bicyclic) bond motifs is 1. The maximum Gasteiger partial charge on any atom is 0.152 e. The third kappa shape index (κ3) is 2.39. The first kappa shape index (κ1) is 11.7. The van der Waals surface area contributed by atoms with Crippen LogP contribution in [-0.2, 0) is 6.42 Å². The van der Waals surface area contributed by atoms with Crippen LogP contribution in [0.5, 0.6) is 0 Å². The Bertz CT molecular complexity index is 661. The van der Waals surface area contributed by atoms with E-state index in [0.29, 0.717) is 0 Å². The molecule has 1 N–H and O–H groups in total. The lowest BCUT2D eigenvalue weighted by Crippen LogP contribution is -2.06. The molecule has 0 radical (unpaired) electrons. The number of nitrogens with one attached hydrogen (secondary N) is 1. The van der Waals surface area contributed by atoms with Crippen LogP contribution in [-0.4, -0.2) is 21.1 Å². The summed E-state index contributed by atoms with van der Waals surface area (Å²) in [5.74, 6) is 0.880. The zero-order valence-corrected chi connectivity index (χ0v) is 11.9. The Morgan fingerprint density at radius 1 is 1.28 bits per heavy atom. The van der Waals surface area contributed by atoms with E-state index >= 15 is 0 Å². The van der Waals surface area contributed by atoms with Crippen molar-refractivity contribution in [3.63, 3.8) is 0 Å². The molecule has 3 rings (SSSR count). The predicted molar refractivity (Wildman–Crippen MR) is 77.2 cm³/mol. The van der Waals surface area contributed by atoms with E-state index in [2.05, 4.69) is 43.5 Å². The highest BCUT2D eigenvalue weighted by molar-refractivity contribution is 9.11. The van der Waals surface area contributed by atoms with Crippen LogP contribution < -0.4 is 5.32 Å². The van der Waals surface area contributed by atoms with E-state index in [0.717, 1.165) is 24.3 Å². The quantitative estimate of drug-likeness (QED) is 0.802. The van der Waals surface area contributed by atoms with Gasteiger partial charge >= 0.3 is 0 Å². The van der Waals surface area contributed by atoms with Gasteiger partial charge in [-0.25, -0.2) is 9.50 Å². The van der Waals surface area contributed by atoms with Crippen molar-refractivity contribution in [2.75, 3.05) is 11.9 Å². The van der Waals surface area contributed by atoms with E-state index in [4.69, 9.17) is 0 Å². The largest absolute Gasteiger partial charge is 0.368 e. The van der Waals surface area contributed by atoms with E-state index in [-0.39, 0.29) is 0 Å². The van der Waals surface area contributed by atoms with Crippen molar-refractivity contribution in [2.24, 2.45) is 0 Å². The van der Waals surface area contributed by atoms with Gasteiger partial charge in [0.15, 0.2) is 5.82 Å². The van der Waals surface area contributed by atoms with Crippen LogP contribution in [0.3, 0.4) is 0 Å². The molecule has 3 heterocycles. The van der Waals surface area contributed by atoms with Crippen LogP contribution in [0.1, 0.15) is 4.88 Å². The molecule has 0 unspecified atom stereocenters. The number of aromatic nitrogens is 3. The molecule has 3 aromatic heterocycles. The second-order valence-corrected chi connectivity index (χ2v) is 6.37. The molecule has 0 aromatic carbocycles. The molecule has 0 bridgehead atoms. The molecule has 92 valence electrons. The molecule has 6 heteroatoms. The predicted octanol–water partition coefficient (Wildman–Crippen LogP) is 3.21. The summed E-state index contributed by atoms with van der Waals surface area (Å²) in [6, 6.07) is 6.18. The number of thiophene rings is 1. The fourth-order valence-corrected chi connectivity index (χ4v) is 3.27. The van der Waals surface area contributed by atoms with Crippen molar-refractivity contribution in [1.82, 2.24) is 14.6 Å². The van der Waals surface area contributed by atoms with Crippen molar-refractivity contribution in [1.29, 1.82) is 0 Å². The van der Waals surface area contributed by atoms with Crippen LogP contribution in [0.2, 0.25) is 0 Å². The molecule has 0 spiro atoms. The first-order chi connectivity index (χ1) is 8.83. The number of anilines is 1. The van der Waals surface area contributed by atoms with Gasteiger partial charge in [0, 0.05) is 23.8 Å². The number of hydrogen-bond donors (Lipinski definition) is 1. The second kappa shape index (κ2) is 5.07. The fourth-order valence-electron chi connectivity index (χ4n) is 1.78. The lowest BCUT2D eigenvalue weighted by Gasteiger charge is -2.05. The Morgan fingerprint density at radius 3 is 3.06 bits per heavy atom. The third-order valence-electron chi connectivity index (χ3n) is 2.62. The summed E-state index contributed by atoms with van der Waals surface area (Å²) in [7, 11) is 0. The molecule has 3 aromatic rings. The van der Waals surface area contributed by atoms with Gasteiger partial charge in [-0.15, -0.1) is 11.3 Å². The van der Waals surface area contributed by atoms with Gasteiger partial charge in [-0.1, -0.05) is 0 Å². The van der Waals surface area contributed by atoms with Gasteiger partial charge in [-0.3, -0.25) is 0 Å². The monoisotopic (exact) mass is 322 g/mol.